The predicted molar refractivity (Wildman–Crippen MR) is 81.1 cm³/mol. The maximum absolute atomic E-state index is 14.2. The molecule has 0 aliphatic heterocycles. The van der Waals surface area contributed by atoms with E-state index in [2.05, 4.69) is 5.10 Å². The van der Waals surface area contributed by atoms with Crippen LogP contribution >= 0.6 is 0 Å². The van der Waals surface area contributed by atoms with Gasteiger partial charge in [0.2, 0.25) is 0 Å². The molecule has 3 aromatic rings. The minimum absolute atomic E-state index is 0.202. The molecule has 3 nitrogen and oxygen atoms in total. The first-order valence-corrected chi connectivity index (χ1v) is 6.82. The lowest BCUT2D eigenvalue weighted by molar-refractivity contribution is 0.572. The van der Waals surface area contributed by atoms with Gasteiger partial charge in [0, 0.05) is 29.4 Å². The van der Waals surface area contributed by atoms with Crippen molar-refractivity contribution in [1.29, 1.82) is 0 Å². The summed E-state index contributed by atoms with van der Waals surface area (Å²) in [5, 5.41) is 4.30. The van der Waals surface area contributed by atoms with Crippen molar-refractivity contribution >= 4 is 0 Å². The molecule has 0 unspecified atom stereocenters. The molecule has 21 heavy (non-hydrogen) atoms. The van der Waals surface area contributed by atoms with Crippen LogP contribution in [-0.4, -0.2) is 9.78 Å². The van der Waals surface area contributed by atoms with Gasteiger partial charge in [-0.25, -0.2) is 4.39 Å². The molecule has 1 heterocycles. The second kappa shape index (κ2) is 5.89. The van der Waals surface area contributed by atoms with Crippen molar-refractivity contribution in [1.82, 2.24) is 9.78 Å². The molecule has 0 saturated heterocycles. The number of hydrogen-bond acceptors (Lipinski definition) is 2. The number of benzene rings is 2. The molecule has 3 rings (SSSR count). The Labute approximate surface area is 122 Å². The van der Waals surface area contributed by atoms with Crippen molar-refractivity contribution in [3.63, 3.8) is 0 Å². The number of nitrogens with zero attached hydrogens (tertiary/aromatic N) is 2. The van der Waals surface area contributed by atoms with Gasteiger partial charge in [0.05, 0.1) is 12.7 Å². The summed E-state index contributed by atoms with van der Waals surface area (Å²) >= 11 is 0. The minimum atomic E-state index is -0.239. The molecular formula is C17H16FN3. The zero-order valence-corrected chi connectivity index (χ0v) is 11.5. The molecule has 2 N–H and O–H groups in total. The van der Waals surface area contributed by atoms with Crippen molar-refractivity contribution in [3.05, 3.63) is 77.9 Å². The lowest BCUT2D eigenvalue weighted by Crippen LogP contribution is -2.06. The van der Waals surface area contributed by atoms with Crippen LogP contribution in [0.2, 0.25) is 0 Å². The number of hydrogen-bond donors (Lipinski definition) is 1. The van der Waals surface area contributed by atoms with Crippen LogP contribution < -0.4 is 5.73 Å². The number of nitrogens with two attached hydrogens (primary N) is 1. The van der Waals surface area contributed by atoms with Gasteiger partial charge in [-0.2, -0.15) is 5.10 Å². The van der Waals surface area contributed by atoms with Gasteiger partial charge in [0.15, 0.2) is 0 Å². The Balaban J connectivity index is 1.85. The highest BCUT2D eigenvalue weighted by molar-refractivity contribution is 5.61. The molecule has 0 radical (unpaired) electrons. The molecule has 106 valence electrons. The first-order chi connectivity index (χ1) is 10.3. The summed E-state index contributed by atoms with van der Waals surface area (Å²) in [6.07, 6.45) is 3.71. The predicted octanol–water partition coefficient (Wildman–Crippen LogP) is 3.20. The third-order valence-electron chi connectivity index (χ3n) is 3.45. The summed E-state index contributed by atoms with van der Waals surface area (Å²) < 4.78 is 15.9. The van der Waals surface area contributed by atoms with Crippen LogP contribution in [0, 0.1) is 5.82 Å². The maximum atomic E-state index is 14.2. The summed E-state index contributed by atoms with van der Waals surface area (Å²) in [6.45, 7) is 0.598. The lowest BCUT2D eigenvalue weighted by Gasteiger charge is -2.07. The zero-order chi connectivity index (χ0) is 14.7. The lowest BCUT2D eigenvalue weighted by atomic mass is 10.1. The molecule has 0 atom stereocenters. The summed E-state index contributed by atoms with van der Waals surface area (Å²) in [5.41, 5.74) is 8.78. The molecule has 0 aliphatic rings. The van der Waals surface area contributed by atoms with Crippen molar-refractivity contribution in [2.24, 2.45) is 5.73 Å². The van der Waals surface area contributed by atoms with E-state index in [0.29, 0.717) is 17.7 Å². The molecule has 0 aliphatic carbocycles. The molecule has 2 aromatic carbocycles. The molecule has 0 spiro atoms. The standard InChI is InChI=1S/C17H16FN3/c18-17-14(9-19)7-4-8-15(17)11-21-12-16(10-20-21)13-5-2-1-3-6-13/h1-8,10,12H,9,11,19H2. The zero-order valence-electron chi connectivity index (χ0n) is 11.5. The average Bonchev–Trinajstić information content (AvgIpc) is 2.99. The SMILES string of the molecule is NCc1cccc(Cn2cc(-c3ccccc3)cn2)c1F. The van der Waals surface area contributed by atoms with Crippen LogP contribution in [0.25, 0.3) is 11.1 Å². The van der Waals surface area contributed by atoms with Gasteiger partial charge in [-0.1, -0.05) is 48.5 Å². The highest BCUT2D eigenvalue weighted by atomic mass is 19.1. The van der Waals surface area contributed by atoms with Gasteiger partial charge >= 0.3 is 0 Å². The van der Waals surface area contributed by atoms with Gasteiger partial charge in [-0.05, 0) is 5.56 Å². The van der Waals surface area contributed by atoms with Crippen molar-refractivity contribution in [2.75, 3.05) is 0 Å². The Kier molecular flexibility index (Phi) is 3.79. The van der Waals surface area contributed by atoms with E-state index in [1.165, 1.54) is 0 Å². The van der Waals surface area contributed by atoms with E-state index in [1.807, 2.05) is 42.6 Å². The van der Waals surface area contributed by atoms with E-state index in [4.69, 9.17) is 5.73 Å². The Morgan fingerprint density at radius 3 is 2.48 bits per heavy atom. The molecule has 0 saturated carbocycles. The summed E-state index contributed by atoms with van der Waals surface area (Å²) in [7, 11) is 0. The second-order valence-electron chi connectivity index (χ2n) is 4.89. The van der Waals surface area contributed by atoms with E-state index >= 15 is 0 Å². The molecule has 0 amide bonds. The Bertz CT molecular complexity index is 735. The minimum Gasteiger partial charge on any atom is -0.326 e. The summed E-state index contributed by atoms with van der Waals surface area (Å²) in [6, 6.07) is 15.3. The first-order valence-electron chi connectivity index (χ1n) is 6.82. The highest BCUT2D eigenvalue weighted by Gasteiger charge is 2.08. The average molecular weight is 281 g/mol. The fourth-order valence-electron chi connectivity index (χ4n) is 2.32. The Morgan fingerprint density at radius 1 is 0.952 bits per heavy atom. The monoisotopic (exact) mass is 281 g/mol. The van der Waals surface area contributed by atoms with Gasteiger partial charge in [0.25, 0.3) is 0 Å². The first kappa shape index (κ1) is 13.5. The van der Waals surface area contributed by atoms with Gasteiger partial charge in [-0.3, -0.25) is 4.68 Å². The fourth-order valence-corrected chi connectivity index (χ4v) is 2.32. The molecule has 4 heteroatoms. The summed E-state index contributed by atoms with van der Waals surface area (Å²) in [5.74, 6) is -0.239. The third-order valence-corrected chi connectivity index (χ3v) is 3.45. The second-order valence-corrected chi connectivity index (χ2v) is 4.89. The third kappa shape index (κ3) is 2.85. The smallest absolute Gasteiger partial charge is 0.132 e. The van der Waals surface area contributed by atoms with E-state index in [-0.39, 0.29) is 12.4 Å². The fraction of sp³-hybridized carbons (Fsp3) is 0.118. The van der Waals surface area contributed by atoms with Crippen molar-refractivity contribution < 1.29 is 4.39 Å². The topological polar surface area (TPSA) is 43.8 Å². The van der Waals surface area contributed by atoms with Crippen molar-refractivity contribution in [2.45, 2.75) is 13.1 Å². The van der Waals surface area contributed by atoms with Crippen LogP contribution in [0.3, 0.4) is 0 Å². The Hall–Kier alpha value is -2.46. The quantitative estimate of drug-likeness (QED) is 0.798. The van der Waals surface area contributed by atoms with E-state index < -0.39 is 0 Å². The van der Waals surface area contributed by atoms with E-state index in [1.54, 1.807) is 23.0 Å². The van der Waals surface area contributed by atoms with E-state index in [9.17, 15) is 4.39 Å². The normalized spacial score (nSPS) is 10.8. The largest absolute Gasteiger partial charge is 0.326 e. The molecule has 0 bridgehead atoms. The summed E-state index contributed by atoms with van der Waals surface area (Å²) in [4.78, 5) is 0. The molecule has 1 aromatic heterocycles. The van der Waals surface area contributed by atoms with Crippen LogP contribution in [0.15, 0.2) is 60.9 Å². The van der Waals surface area contributed by atoms with Gasteiger partial charge in [0.1, 0.15) is 5.82 Å². The maximum Gasteiger partial charge on any atom is 0.132 e. The van der Waals surface area contributed by atoms with E-state index in [0.717, 1.165) is 11.1 Å². The van der Waals surface area contributed by atoms with Gasteiger partial charge in [-0.15, -0.1) is 0 Å². The molecular weight excluding hydrogens is 265 g/mol. The van der Waals surface area contributed by atoms with Crippen LogP contribution in [-0.2, 0) is 13.1 Å². The van der Waals surface area contributed by atoms with Crippen LogP contribution in [0.5, 0.6) is 0 Å². The van der Waals surface area contributed by atoms with Crippen LogP contribution in [0.1, 0.15) is 11.1 Å². The van der Waals surface area contributed by atoms with Crippen molar-refractivity contribution in [3.8, 4) is 11.1 Å². The molecule has 0 fully saturated rings. The number of rotatable bonds is 4. The van der Waals surface area contributed by atoms with Gasteiger partial charge < -0.3 is 5.73 Å². The number of aromatic nitrogens is 2. The number of halogens is 1. The van der Waals surface area contributed by atoms with Crippen LogP contribution in [0.4, 0.5) is 4.39 Å². The highest BCUT2D eigenvalue weighted by Crippen LogP contribution is 2.19. The Morgan fingerprint density at radius 2 is 1.71 bits per heavy atom.